The van der Waals surface area contributed by atoms with Gasteiger partial charge in [0.2, 0.25) is 5.69 Å². The van der Waals surface area contributed by atoms with Crippen LogP contribution in [0, 0.1) is 5.21 Å². The maximum Gasteiger partial charge on any atom is 0.244 e. The highest BCUT2D eigenvalue weighted by molar-refractivity contribution is 5.38. The first-order valence-corrected chi connectivity index (χ1v) is 9.59. The molecule has 25 heavy (non-hydrogen) atoms. The van der Waals surface area contributed by atoms with Gasteiger partial charge in [0.15, 0.2) is 0 Å². The summed E-state index contributed by atoms with van der Waals surface area (Å²) in [5, 5.41) is 16.3. The van der Waals surface area contributed by atoms with Crippen LogP contribution in [0.25, 0.3) is 0 Å². The molecule has 0 unspecified atom stereocenters. The molecular formula is C22H30N2O. The largest absolute Gasteiger partial charge is 0.594 e. The number of azo groups is 1. The molecule has 0 saturated carbocycles. The Balaban J connectivity index is 1.86. The van der Waals surface area contributed by atoms with Gasteiger partial charge in [-0.05, 0) is 42.5 Å². The van der Waals surface area contributed by atoms with Crippen LogP contribution in [0.5, 0.6) is 0 Å². The van der Waals surface area contributed by atoms with Crippen molar-refractivity contribution in [2.24, 2.45) is 5.11 Å². The zero-order valence-electron chi connectivity index (χ0n) is 15.6. The molecule has 0 aliphatic heterocycles. The third-order valence-electron chi connectivity index (χ3n) is 4.53. The van der Waals surface area contributed by atoms with E-state index in [4.69, 9.17) is 0 Å². The molecule has 0 amide bonds. The van der Waals surface area contributed by atoms with Crippen molar-refractivity contribution in [3.05, 3.63) is 64.9 Å². The molecule has 0 aromatic heterocycles. The van der Waals surface area contributed by atoms with Crippen molar-refractivity contribution in [1.29, 1.82) is 0 Å². The summed E-state index contributed by atoms with van der Waals surface area (Å²) >= 11 is 0. The predicted molar refractivity (Wildman–Crippen MR) is 105 cm³/mol. The molecule has 0 bridgehead atoms. The second kappa shape index (κ2) is 10.7. The molecule has 0 N–H and O–H groups in total. The first-order chi connectivity index (χ1) is 12.2. The standard InChI is InChI=1S/C22H30N2O/c1-3-5-6-7-8-9-10-20-11-15-21(16-12-20)23-24(25)22-17-13-19(4-2)14-18-22/h11-18H,3-10H2,1-2H3. The summed E-state index contributed by atoms with van der Waals surface area (Å²) in [6.45, 7) is 4.34. The Bertz CT molecular complexity index is 645. The van der Waals surface area contributed by atoms with Gasteiger partial charge in [-0.3, -0.25) is 0 Å². The van der Waals surface area contributed by atoms with Crippen LogP contribution < -0.4 is 0 Å². The topological polar surface area (TPSA) is 38.4 Å². The van der Waals surface area contributed by atoms with Gasteiger partial charge in [-0.25, -0.2) is 0 Å². The minimum atomic E-state index is 0.563. The van der Waals surface area contributed by atoms with Crippen LogP contribution in [-0.4, -0.2) is 4.86 Å². The molecule has 2 aromatic carbocycles. The quantitative estimate of drug-likeness (QED) is 0.197. The predicted octanol–water partition coefficient (Wildman–Crippen LogP) is 7.08. The van der Waals surface area contributed by atoms with Crippen LogP contribution in [0.15, 0.2) is 53.6 Å². The van der Waals surface area contributed by atoms with Gasteiger partial charge in [0, 0.05) is 17.2 Å². The third kappa shape index (κ3) is 6.69. The average Bonchev–Trinajstić information content (AvgIpc) is 2.66. The average molecular weight is 338 g/mol. The summed E-state index contributed by atoms with van der Waals surface area (Å²) in [6.07, 6.45) is 9.94. The maximum atomic E-state index is 12.1. The zero-order valence-corrected chi connectivity index (χ0v) is 15.6. The molecule has 0 spiro atoms. The van der Waals surface area contributed by atoms with Gasteiger partial charge < -0.3 is 5.21 Å². The first kappa shape index (κ1) is 19.2. The highest BCUT2D eigenvalue weighted by Crippen LogP contribution is 2.19. The van der Waals surface area contributed by atoms with E-state index in [9.17, 15) is 5.21 Å². The summed E-state index contributed by atoms with van der Waals surface area (Å²) in [5.41, 5.74) is 3.80. The van der Waals surface area contributed by atoms with E-state index in [1.54, 1.807) is 0 Å². The molecule has 0 fully saturated rings. The van der Waals surface area contributed by atoms with E-state index >= 15 is 0 Å². The molecular weight excluding hydrogens is 308 g/mol. The van der Waals surface area contributed by atoms with Crippen molar-refractivity contribution in [1.82, 2.24) is 0 Å². The van der Waals surface area contributed by atoms with Gasteiger partial charge >= 0.3 is 0 Å². The van der Waals surface area contributed by atoms with E-state index in [2.05, 4.69) is 31.1 Å². The van der Waals surface area contributed by atoms with E-state index in [1.807, 2.05) is 36.4 Å². The molecule has 134 valence electrons. The monoisotopic (exact) mass is 338 g/mol. The third-order valence-corrected chi connectivity index (χ3v) is 4.53. The number of rotatable bonds is 10. The lowest BCUT2D eigenvalue weighted by Gasteiger charge is -2.03. The van der Waals surface area contributed by atoms with Crippen LogP contribution in [0.1, 0.15) is 63.5 Å². The van der Waals surface area contributed by atoms with Crippen molar-refractivity contribution < 1.29 is 4.86 Å². The zero-order chi connectivity index (χ0) is 17.9. The van der Waals surface area contributed by atoms with Crippen molar-refractivity contribution in [2.45, 2.75) is 65.2 Å². The van der Waals surface area contributed by atoms with Crippen LogP contribution in [0.2, 0.25) is 0 Å². The fraction of sp³-hybridized carbons (Fsp3) is 0.455. The molecule has 0 radical (unpaired) electrons. The van der Waals surface area contributed by atoms with Gasteiger partial charge in [0.05, 0.1) is 0 Å². The number of hydrogen-bond donors (Lipinski definition) is 0. The van der Waals surface area contributed by atoms with Crippen LogP contribution in [-0.2, 0) is 12.8 Å². The van der Waals surface area contributed by atoms with E-state index in [-0.39, 0.29) is 0 Å². The molecule has 3 nitrogen and oxygen atoms in total. The minimum absolute atomic E-state index is 0.563. The molecule has 0 aliphatic rings. The summed E-state index contributed by atoms with van der Waals surface area (Å²) < 4.78 is 0. The van der Waals surface area contributed by atoms with Crippen molar-refractivity contribution in [2.75, 3.05) is 0 Å². The number of aryl methyl sites for hydroxylation is 2. The Morgan fingerprint density at radius 3 is 2.00 bits per heavy atom. The molecule has 0 saturated heterocycles. The Hall–Kier alpha value is -2.16. The summed E-state index contributed by atoms with van der Waals surface area (Å²) in [4.78, 5) is 0.697. The fourth-order valence-electron chi connectivity index (χ4n) is 2.86. The van der Waals surface area contributed by atoms with Crippen LogP contribution in [0.3, 0.4) is 0 Å². The minimum Gasteiger partial charge on any atom is -0.594 e. The Morgan fingerprint density at radius 1 is 0.760 bits per heavy atom. The first-order valence-electron chi connectivity index (χ1n) is 9.59. The van der Waals surface area contributed by atoms with Crippen molar-refractivity contribution in [3.8, 4) is 0 Å². The smallest absolute Gasteiger partial charge is 0.244 e. The van der Waals surface area contributed by atoms with Gasteiger partial charge in [0.25, 0.3) is 0 Å². The highest BCUT2D eigenvalue weighted by Gasteiger charge is 2.04. The lowest BCUT2D eigenvalue weighted by molar-refractivity contribution is -0.435. The van der Waals surface area contributed by atoms with E-state index < -0.39 is 0 Å². The lowest BCUT2D eigenvalue weighted by atomic mass is 10.0. The van der Waals surface area contributed by atoms with Crippen LogP contribution in [0.4, 0.5) is 11.4 Å². The van der Waals surface area contributed by atoms with Gasteiger partial charge in [0.1, 0.15) is 5.69 Å². The molecule has 2 rings (SSSR count). The number of nitrogens with zero attached hydrogens (tertiary/aromatic N) is 2. The Morgan fingerprint density at radius 2 is 1.36 bits per heavy atom. The van der Waals surface area contributed by atoms with Crippen molar-refractivity contribution >= 4 is 11.4 Å². The molecule has 2 aromatic rings. The Labute approximate surface area is 152 Å². The summed E-state index contributed by atoms with van der Waals surface area (Å²) in [7, 11) is 0. The Kier molecular flexibility index (Phi) is 8.17. The maximum absolute atomic E-state index is 12.1. The molecule has 0 atom stereocenters. The molecule has 0 heterocycles. The van der Waals surface area contributed by atoms with E-state index in [0.29, 0.717) is 16.2 Å². The SMILES string of the molecule is CCCCCCCCc1ccc(N=[N+]([O-])c2ccc(CC)cc2)cc1. The van der Waals surface area contributed by atoms with E-state index in [1.165, 1.54) is 49.7 Å². The van der Waals surface area contributed by atoms with Crippen LogP contribution >= 0.6 is 0 Å². The second-order valence-corrected chi connectivity index (χ2v) is 6.58. The normalized spacial score (nSPS) is 11.7. The number of unbranched alkanes of at least 4 members (excludes halogenated alkanes) is 5. The summed E-state index contributed by atoms with van der Waals surface area (Å²) in [6, 6.07) is 15.6. The number of hydrogen-bond acceptors (Lipinski definition) is 2. The molecule has 3 heteroatoms. The lowest BCUT2D eigenvalue weighted by Crippen LogP contribution is -1.91. The van der Waals surface area contributed by atoms with Gasteiger partial charge in [-0.15, -0.1) is 0 Å². The van der Waals surface area contributed by atoms with Gasteiger partial charge in [-0.2, -0.15) is 0 Å². The number of benzene rings is 2. The van der Waals surface area contributed by atoms with Gasteiger partial charge in [-0.1, -0.05) is 75.1 Å². The highest BCUT2D eigenvalue weighted by atomic mass is 16.5. The van der Waals surface area contributed by atoms with E-state index in [0.717, 1.165) is 12.8 Å². The summed E-state index contributed by atoms with van der Waals surface area (Å²) in [5.74, 6) is 0. The van der Waals surface area contributed by atoms with Crippen molar-refractivity contribution in [3.63, 3.8) is 0 Å². The second-order valence-electron chi connectivity index (χ2n) is 6.58. The fourth-order valence-corrected chi connectivity index (χ4v) is 2.86. The molecule has 0 aliphatic carbocycles.